The molecule has 3 rings (SSSR count). The molecule has 4 heteroatoms. The predicted octanol–water partition coefficient (Wildman–Crippen LogP) is 4.12. The summed E-state index contributed by atoms with van der Waals surface area (Å²) < 4.78 is 31.3. The van der Waals surface area contributed by atoms with Gasteiger partial charge in [-0.25, -0.2) is 8.78 Å². The van der Waals surface area contributed by atoms with Crippen LogP contribution >= 0.6 is 0 Å². The van der Waals surface area contributed by atoms with Crippen LogP contribution in [0.1, 0.15) is 0 Å². The highest BCUT2D eigenvalue weighted by Crippen LogP contribution is 2.27. The number of nitrogens with one attached hydrogen (secondary N) is 1. The van der Waals surface area contributed by atoms with Crippen molar-refractivity contribution in [3.05, 3.63) is 54.1 Å². The Morgan fingerprint density at radius 1 is 0.947 bits per heavy atom. The quantitative estimate of drug-likeness (QED) is 0.735. The monoisotopic (exact) mass is 259 g/mol. The van der Waals surface area contributed by atoms with Crippen LogP contribution in [0.25, 0.3) is 22.2 Å². The Morgan fingerprint density at radius 3 is 2.53 bits per heavy atom. The average molecular weight is 259 g/mol. The van der Waals surface area contributed by atoms with Gasteiger partial charge in [-0.1, -0.05) is 0 Å². The Balaban J connectivity index is 2.11. The first-order chi connectivity index (χ1) is 9.17. The maximum absolute atomic E-state index is 13.2. The molecule has 3 aromatic rings. The zero-order chi connectivity index (χ0) is 13.4. The first-order valence-electron chi connectivity index (χ1n) is 5.79. The van der Waals surface area contributed by atoms with Crippen molar-refractivity contribution < 1.29 is 13.5 Å². The number of rotatable bonds is 2. The fraction of sp³-hybridized carbons (Fsp3) is 0.0667. The van der Waals surface area contributed by atoms with E-state index in [1.807, 2.05) is 24.3 Å². The van der Waals surface area contributed by atoms with Crippen molar-refractivity contribution in [2.75, 3.05) is 7.11 Å². The summed E-state index contributed by atoms with van der Waals surface area (Å²) in [6.07, 6.45) is 0. The van der Waals surface area contributed by atoms with Gasteiger partial charge < -0.3 is 9.72 Å². The molecule has 0 fully saturated rings. The molecule has 1 heterocycles. The first kappa shape index (κ1) is 11.7. The first-order valence-corrected chi connectivity index (χ1v) is 5.79. The second kappa shape index (κ2) is 4.39. The second-order valence-electron chi connectivity index (χ2n) is 4.27. The van der Waals surface area contributed by atoms with E-state index >= 15 is 0 Å². The zero-order valence-corrected chi connectivity index (χ0v) is 10.2. The highest BCUT2D eigenvalue weighted by atomic mass is 19.2. The number of H-pyrrole nitrogens is 1. The Bertz CT molecular complexity index is 749. The van der Waals surface area contributed by atoms with Gasteiger partial charge in [0.15, 0.2) is 11.6 Å². The normalized spacial score (nSPS) is 10.9. The maximum atomic E-state index is 13.2. The molecular weight excluding hydrogens is 248 g/mol. The van der Waals surface area contributed by atoms with E-state index in [2.05, 4.69) is 4.98 Å². The molecule has 2 aromatic carbocycles. The maximum Gasteiger partial charge on any atom is 0.159 e. The Morgan fingerprint density at radius 2 is 1.79 bits per heavy atom. The van der Waals surface area contributed by atoms with E-state index in [9.17, 15) is 8.78 Å². The van der Waals surface area contributed by atoms with Crippen LogP contribution in [-0.4, -0.2) is 12.1 Å². The summed E-state index contributed by atoms with van der Waals surface area (Å²) in [5, 5.41) is 0.957. The van der Waals surface area contributed by atoms with E-state index in [0.717, 1.165) is 28.4 Å². The number of hydrogen-bond donors (Lipinski definition) is 1. The van der Waals surface area contributed by atoms with Crippen LogP contribution in [0.4, 0.5) is 8.78 Å². The highest BCUT2D eigenvalue weighted by Gasteiger charge is 2.07. The second-order valence-corrected chi connectivity index (χ2v) is 4.27. The smallest absolute Gasteiger partial charge is 0.159 e. The lowest BCUT2D eigenvalue weighted by molar-refractivity contribution is 0.415. The molecule has 19 heavy (non-hydrogen) atoms. The van der Waals surface area contributed by atoms with E-state index in [4.69, 9.17) is 4.74 Å². The van der Waals surface area contributed by atoms with Crippen LogP contribution in [0, 0.1) is 11.6 Å². The Labute approximate surface area is 108 Å². The molecule has 0 radical (unpaired) electrons. The van der Waals surface area contributed by atoms with Gasteiger partial charge in [-0.05, 0) is 42.5 Å². The Kier molecular flexibility index (Phi) is 2.71. The molecule has 0 unspecified atom stereocenters. The number of methoxy groups -OCH3 is 1. The fourth-order valence-electron chi connectivity index (χ4n) is 2.06. The minimum atomic E-state index is -0.853. The van der Waals surface area contributed by atoms with Gasteiger partial charge in [0.05, 0.1) is 7.11 Å². The van der Waals surface area contributed by atoms with E-state index in [0.29, 0.717) is 5.56 Å². The van der Waals surface area contributed by atoms with Crippen LogP contribution in [0.15, 0.2) is 42.5 Å². The number of fused-ring (bicyclic) bond motifs is 1. The van der Waals surface area contributed by atoms with E-state index in [-0.39, 0.29) is 0 Å². The summed E-state index contributed by atoms with van der Waals surface area (Å²) in [6, 6.07) is 11.3. The highest BCUT2D eigenvalue weighted by molar-refractivity contribution is 5.86. The van der Waals surface area contributed by atoms with Crippen molar-refractivity contribution in [2.24, 2.45) is 0 Å². The number of hydrogen-bond acceptors (Lipinski definition) is 1. The van der Waals surface area contributed by atoms with Gasteiger partial charge in [-0.3, -0.25) is 0 Å². The lowest BCUT2D eigenvalue weighted by Crippen LogP contribution is -1.85. The van der Waals surface area contributed by atoms with Crippen molar-refractivity contribution in [1.82, 2.24) is 4.98 Å². The lowest BCUT2D eigenvalue weighted by atomic mass is 10.1. The van der Waals surface area contributed by atoms with Crippen LogP contribution in [0.2, 0.25) is 0 Å². The third kappa shape index (κ3) is 2.05. The number of aromatic amines is 1. The summed E-state index contributed by atoms with van der Waals surface area (Å²) in [5.41, 5.74) is 2.26. The van der Waals surface area contributed by atoms with Crippen molar-refractivity contribution >= 4 is 10.9 Å². The van der Waals surface area contributed by atoms with Gasteiger partial charge in [0, 0.05) is 22.2 Å². The molecule has 0 amide bonds. The molecule has 1 N–H and O–H groups in total. The molecule has 96 valence electrons. The predicted molar refractivity (Wildman–Crippen MR) is 70.2 cm³/mol. The van der Waals surface area contributed by atoms with Crippen LogP contribution in [0.5, 0.6) is 5.75 Å². The molecule has 0 saturated carbocycles. The molecular formula is C15H11F2NO. The van der Waals surface area contributed by atoms with Gasteiger partial charge in [0.25, 0.3) is 0 Å². The lowest BCUT2D eigenvalue weighted by Gasteiger charge is -1.98. The minimum Gasteiger partial charge on any atom is -0.497 e. The summed E-state index contributed by atoms with van der Waals surface area (Å²) in [6.45, 7) is 0. The summed E-state index contributed by atoms with van der Waals surface area (Å²) >= 11 is 0. The molecule has 0 aliphatic rings. The van der Waals surface area contributed by atoms with E-state index in [1.165, 1.54) is 6.07 Å². The average Bonchev–Trinajstić information content (AvgIpc) is 2.84. The molecule has 0 spiro atoms. The van der Waals surface area contributed by atoms with E-state index in [1.54, 1.807) is 13.2 Å². The molecule has 1 aromatic heterocycles. The van der Waals surface area contributed by atoms with Crippen molar-refractivity contribution in [2.45, 2.75) is 0 Å². The fourth-order valence-corrected chi connectivity index (χ4v) is 2.06. The third-order valence-corrected chi connectivity index (χ3v) is 3.06. The minimum absolute atomic E-state index is 0.606. The number of benzene rings is 2. The van der Waals surface area contributed by atoms with Gasteiger partial charge in [-0.2, -0.15) is 0 Å². The topological polar surface area (TPSA) is 25.0 Å². The molecule has 0 aliphatic heterocycles. The molecule has 2 nitrogen and oxygen atoms in total. The number of halogens is 2. The molecule has 0 bridgehead atoms. The molecule has 0 saturated heterocycles. The Hall–Kier alpha value is -2.36. The summed E-state index contributed by atoms with van der Waals surface area (Å²) in [4.78, 5) is 3.17. The molecule has 0 atom stereocenters. The summed E-state index contributed by atoms with van der Waals surface area (Å²) in [5.74, 6) is -0.946. The van der Waals surface area contributed by atoms with Crippen LogP contribution < -0.4 is 4.74 Å². The van der Waals surface area contributed by atoms with Gasteiger partial charge in [0.2, 0.25) is 0 Å². The van der Waals surface area contributed by atoms with Crippen molar-refractivity contribution in [1.29, 1.82) is 0 Å². The van der Waals surface area contributed by atoms with Crippen LogP contribution in [-0.2, 0) is 0 Å². The van der Waals surface area contributed by atoms with Crippen molar-refractivity contribution in [3.8, 4) is 17.0 Å². The third-order valence-electron chi connectivity index (χ3n) is 3.06. The van der Waals surface area contributed by atoms with Gasteiger partial charge in [-0.15, -0.1) is 0 Å². The van der Waals surface area contributed by atoms with E-state index < -0.39 is 11.6 Å². The largest absolute Gasteiger partial charge is 0.497 e. The van der Waals surface area contributed by atoms with Crippen molar-refractivity contribution in [3.63, 3.8) is 0 Å². The SMILES string of the molecule is COc1ccc2[nH]c(-c3ccc(F)c(F)c3)cc2c1. The number of ether oxygens (including phenoxy) is 1. The van der Waals surface area contributed by atoms with Gasteiger partial charge >= 0.3 is 0 Å². The van der Waals surface area contributed by atoms with Crippen LogP contribution in [0.3, 0.4) is 0 Å². The molecule has 0 aliphatic carbocycles. The van der Waals surface area contributed by atoms with Gasteiger partial charge in [0.1, 0.15) is 5.75 Å². The standard InChI is InChI=1S/C15H11F2NO/c1-19-11-3-5-14-10(6-11)8-15(18-14)9-2-4-12(16)13(17)7-9/h2-8,18H,1H3. The summed E-state index contributed by atoms with van der Waals surface area (Å²) in [7, 11) is 1.60. The zero-order valence-electron chi connectivity index (χ0n) is 10.2. The number of aromatic nitrogens is 1.